The standard InChI is InChI=1S/C13H25NO3/c1-4-5-9-12(15)14-11(3)8-6-7-10(2)13(16)17/h10-11H,4-9H2,1-3H3,(H,14,15)(H,16,17). The minimum absolute atomic E-state index is 0.102. The van der Waals surface area contributed by atoms with Gasteiger partial charge in [-0.2, -0.15) is 0 Å². The summed E-state index contributed by atoms with van der Waals surface area (Å²) in [7, 11) is 0. The molecule has 0 aromatic heterocycles. The largest absolute Gasteiger partial charge is 0.481 e. The number of hydrogen-bond acceptors (Lipinski definition) is 2. The molecule has 0 bridgehead atoms. The number of amides is 1. The smallest absolute Gasteiger partial charge is 0.306 e. The Morgan fingerprint density at radius 2 is 1.82 bits per heavy atom. The molecule has 100 valence electrons. The van der Waals surface area contributed by atoms with Gasteiger partial charge in [0.2, 0.25) is 5.91 Å². The van der Waals surface area contributed by atoms with Crippen LogP contribution in [0.15, 0.2) is 0 Å². The van der Waals surface area contributed by atoms with Crippen molar-refractivity contribution in [3.63, 3.8) is 0 Å². The second-order valence-electron chi connectivity index (χ2n) is 4.74. The molecular formula is C13H25NO3. The summed E-state index contributed by atoms with van der Waals surface area (Å²) in [6, 6.07) is 0.139. The van der Waals surface area contributed by atoms with E-state index >= 15 is 0 Å². The Morgan fingerprint density at radius 3 is 2.35 bits per heavy atom. The maximum atomic E-state index is 11.4. The van der Waals surface area contributed by atoms with Crippen LogP contribution >= 0.6 is 0 Å². The van der Waals surface area contributed by atoms with Gasteiger partial charge in [-0.25, -0.2) is 0 Å². The van der Waals surface area contributed by atoms with Crippen molar-refractivity contribution >= 4 is 11.9 Å². The first-order valence-electron chi connectivity index (χ1n) is 6.49. The molecule has 0 saturated heterocycles. The molecule has 0 fully saturated rings. The molecule has 0 heterocycles. The van der Waals surface area contributed by atoms with E-state index in [1.165, 1.54) is 0 Å². The van der Waals surface area contributed by atoms with Gasteiger partial charge in [0.05, 0.1) is 5.92 Å². The highest BCUT2D eigenvalue weighted by atomic mass is 16.4. The normalized spacial score (nSPS) is 14.1. The van der Waals surface area contributed by atoms with Gasteiger partial charge in [0.1, 0.15) is 0 Å². The van der Waals surface area contributed by atoms with Gasteiger partial charge in [-0.05, 0) is 26.2 Å². The average molecular weight is 243 g/mol. The van der Waals surface area contributed by atoms with Crippen LogP contribution in [0.5, 0.6) is 0 Å². The molecule has 0 aromatic carbocycles. The van der Waals surface area contributed by atoms with Crippen molar-refractivity contribution in [2.45, 2.75) is 65.3 Å². The van der Waals surface area contributed by atoms with E-state index < -0.39 is 5.97 Å². The molecule has 2 unspecified atom stereocenters. The quantitative estimate of drug-likeness (QED) is 0.654. The van der Waals surface area contributed by atoms with E-state index in [0.29, 0.717) is 12.8 Å². The van der Waals surface area contributed by atoms with Crippen LogP contribution in [0.3, 0.4) is 0 Å². The summed E-state index contributed by atoms with van der Waals surface area (Å²) in [5, 5.41) is 11.7. The van der Waals surface area contributed by atoms with Gasteiger partial charge in [-0.15, -0.1) is 0 Å². The molecule has 0 rings (SSSR count). The maximum absolute atomic E-state index is 11.4. The summed E-state index contributed by atoms with van der Waals surface area (Å²) in [6.07, 6.45) is 4.89. The lowest BCUT2D eigenvalue weighted by atomic mass is 10.0. The third-order valence-corrected chi connectivity index (χ3v) is 2.86. The van der Waals surface area contributed by atoms with Gasteiger partial charge in [0.15, 0.2) is 0 Å². The Labute approximate surface area is 104 Å². The number of nitrogens with one attached hydrogen (secondary N) is 1. The molecule has 0 saturated carbocycles. The minimum atomic E-state index is -0.746. The Morgan fingerprint density at radius 1 is 1.18 bits per heavy atom. The summed E-state index contributed by atoms with van der Waals surface area (Å²) in [6.45, 7) is 5.74. The van der Waals surface area contributed by atoms with Gasteiger partial charge >= 0.3 is 5.97 Å². The number of aliphatic carboxylic acids is 1. The SMILES string of the molecule is CCCCC(=O)NC(C)CCCC(C)C(=O)O. The summed E-state index contributed by atoms with van der Waals surface area (Å²) in [5.41, 5.74) is 0. The van der Waals surface area contributed by atoms with Crippen molar-refractivity contribution < 1.29 is 14.7 Å². The van der Waals surface area contributed by atoms with E-state index in [0.717, 1.165) is 25.7 Å². The lowest BCUT2D eigenvalue weighted by Gasteiger charge is -2.14. The molecule has 0 aliphatic heterocycles. The van der Waals surface area contributed by atoms with E-state index in [1.54, 1.807) is 6.92 Å². The fourth-order valence-corrected chi connectivity index (χ4v) is 1.61. The molecule has 2 atom stereocenters. The van der Waals surface area contributed by atoms with Gasteiger partial charge in [-0.3, -0.25) is 9.59 Å². The number of carboxylic acids is 1. The molecule has 0 radical (unpaired) electrons. The average Bonchev–Trinajstić information content (AvgIpc) is 2.25. The van der Waals surface area contributed by atoms with Gasteiger partial charge in [0, 0.05) is 12.5 Å². The van der Waals surface area contributed by atoms with E-state index in [1.807, 2.05) is 6.92 Å². The summed E-state index contributed by atoms with van der Waals surface area (Å²) in [4.78, 5) is 22.0. The van der Waals surface area contributed by atoms with E-state index in [9.17, 15) is 9.59 Å². The first-order chi connectivity index (χ1) is 7.97. The van der Waals surface area contributed by atoms with Gasteiger partial charge < -0.3 is 10.4 Å². The van der Waals surface area contributed by atoms with E-state index in [-0.39, 0.29) is 17.9 Å². The summed E-state index contributed by atoms with van der Waals surface area (Å²) < 4.78 is 0. The highest BCUT2D eigenvalue weighted by Gasteiger charge is 2.12. The predicted octanol–water partition coefficient (Wildman–Crippen LogP) is 2.57. The van der Waals surface area contributed by atoms with Gasteiger partial charge in [-0.1, -0.05) is 26.7 Å². The monoisotopic (exact) mass is 243 g/mol. The zero-order chi connectivity index (χ0) is 13.3. The molecule has 0 spiro atoms. The van der Waals surface area contributed by atoms with Gasteiger partial charge in [0.25, 0.3) is 0 Å². The van der Waals surface area contributed by atoms with Crippen LogP contribution in [0.4, 0.5) is 0 Å². The van der Waals surface area contributed by atoms with E-state index in [2.05, 4.69) is 12.2 Å². The van der Waals surface area contributed by atoms with Crippen LogP contribution in [0, 0.1) is 5.92 Å². The molecule has 4 nitrogen and oxygen atoms in total. The fourth-order valence-electron chi connectivity index (χ4n) is 1.61. The number of hydrogen-bond donors (Lipinski definition) is 2. The first kappa shape index (κ1) is 15.9. The predicted molar refractivity (Wildman–Crippen MR) is 67.8 cm³/mol. The number of unbranched alkanes of at least 4 members (excludes halogenated alkanes) is 1. The van der Waals surface area contributed by atoms with Crippen molar-refractivity contribution in [2.24, 2.45) is 5.92 Å². The van der Waals surface area contributed by atoms with Crippen LogP contribution in [0.1, 0.15) is 59.3 Å². The molecule has 0 aromatic rings. The lowest BCUT2D eigenvalue weighted by Crippen LogP contribution is -2.32. The Kier molecular flexibility index (Phi) is 8.46. The molecule has 17 heavy (non-hydrogen) atoms. The Bertz CT molecular complexity index is 241. The van der Waals surface area contributed by atoms with Crippen molar-refractivity contribution in [2.75, 3.05) is 0 Å². The van der Waals surface area contributed by atoms with Crippen molar-refractivity contribution in [3.05, 3.63) is 0 Å². The minimum Gasteiger partial charge on any atom is -0.481 e. The first-order valence-corrected chi connectivity index (χ1v) is 6.49. The highest BCUT2D eigenvalue weighted by molar-refractivity contribution is 5.76. The second-order valence-corrected chi connectivity index (χ2v) is 4.74. The fraction of sp³-hybridized carbons (Fsp3) is 0.846. The Hall–Kier alpha value is -1.06. The zero-order valence-electron chi connectivity index (χ0n) is 11.2. The summed E-state index contributed by atoms with van der Waals surface area (Å²) >= 11 is 0. The van der Waals surface area contributed by atoms with Crippen molar-refractivity contribution in [1.29, 1.82) is 0 Å². The summed E-state index contributed by atoms with van der Waals surface area (Å²) in [5.74, 6) is -0.937. The highest BCUT2D eigenvalue weighted by Crippen LogP contribution is 2.09. The molecule has 4 heteroatoms. The molecule has 0 aliphatic rings. The van der Waals surface area contributed by atoms with Crippen LogP contribution < -0.4 is 5.32 Å². The molecular weight excluding hydrogens is 218 g/mol. The number of carbonyl (C=O) groups excluding carboxylic acids is 1. The molecule has 2 N–H and O–H groups in total. The number of carbonyl (C=O) groups is 2. The zero-order valence-corrected chi connectivity index (χ0v) is 11.2. The second kappa shape index (κ2) is 9.02. The maximum Gasteiger partial charge on any atom is 0.306 e. The third kappa shape index (κ3) is 8.72. The van der Waals surface area contributed by atoms with E-state index in [4.69, 9.17) is 5.11 Å². The van der Waals surface area contributed by atoms with Crippen LogP contribution in [0.2, 0.25) is 0 Å². The topological polar surface area (TPSA) is 66.4 Å². The number of carboxylic acid groups (broad SMARTS) is 1. The lowest BCUT2D eigenvalue weighted by molar-refractivity contribution is -0.141. The third-order valence-electron chi connectivity index (χ3n) is 2.86. The Balaban J connectivity index is 3.62. The molecule has 1 amide bonds. The van der Waals surface area contributed by atoms with Crippen LogP contribution in [-0.2, 0) is 9.59 Å². The van der Waals surface area contributed by atoms with Crippen molar-refractivity contribution in [1.82, 2.24) is 5.32 Å². The molecule has 0 aliphatic carbocycles. The van der Waals surface area contributed by atoms with Crippen LogP contribution in [-0.4, -0.2) is 23.0 Å². The van der Waals surface area contributed by atoms with Crippen molar-refractivity contribution in [3.8, 4) is 0 Å². The number of rotatable bonds is 9. The van der Waals surface area contributed by atoms with Crippen LogP contribution in [0.25, 0.3) is 0 Å².